The number of hydrogen-bond acceptors (Lipinski definition) is 3. The number of carbonyl (C=O) groups is 1. The highest BCUT2D eigenvalue weighted by molar-refractivity contribution is 7.10. The molecule has 3 nitrogen and oxygen atoms in total. The van der Waals surface area contributed by atoms with E-state index >= 15 is 0 Å². The van der Waals surface area contributed by atoms with Crippen molar-refractivity contribution in [2.45, 2.75) is 38.6 Å². The van der Waals surface area contributed by atoms with Crippen LogP contribution in [0.15, 0.2) is 35.7 Å². The molecule has 0 spiro atoms. The van der Waals surface area contributed by atoms with E-state index in [0.717, 1.165) is 38.8 Å². The molecule has 1 amide bonds. The second kappa shape index (κ2) is 6.60. The molecule has 2 aromatic rings. The van der Waals surface area contributed by atoms with Gasteiger partial charge in [0.05, 0.1) is 12.6 Å². The van der Waals surface area contributed by atoms with Crippen molar-refractivity contribution in [2.24, 2.45) is 0 Å². The van der Waals surface area contributed by atoms with E-state index in [9.17, 15) is 4.79 Å². The largest absolute Gasteiger partial charge is 0.362 e. The fourth-order valence-electron chi connectivity index (χ4n) is 4.17. The number of para-hydroxylation sites is 1. The van der Waals surface area contributed by atoms with E-state index in [2.05, 4.69) is 52.4 Å². The fourth-order valence-corrected chi connectivity index (χ4v) is 5.09. The summed E-state index contributed by atoms with van der Waals surface area (Å²) < 4.78 is 0. The number of thiophene rings is 1. The first-order valence-corrected chi connectivity index (χ1v) is 9.84. The van der Waals surface area contributed by atoms with Crippen LogP contribution < -0.4 is 4.90 Å². The Kier molecular flexibility index (Phi) is 4.31. The Hall–Kier alpha value is -1.81. The summed E-state index contributed by atoms with van der Waals surface area (Å²) in [6, 6.07) is 11.0. The van der Waals surface area contributed by atoms with Gasteiger partial charge < -0.3 is 9.80 Å². The van der Waals surface area contributed by atoms with E-state index in [0.29, 0.717) is 6.54 Å². The van der Waals surface area contributed by atoms with Crippen molar-refractivity contribution >= 4 is 22.9 Å². The first-order chi connectivity index (χ1) is 11.8. The van der Waals surface area contributed by atoms with Gasteiger partial charge in [-0.05, 0) is 54.3 Å². The van der Waals surface area contributed by atoms with Gasteiger partial charge in [0, 0.05) is 23.7 Å². The zero-order chi connectivity index (χ0) is 16.5. The number of amides is 1. The minimum atomic E-state index is 0.257. The molecule has 0 saturated carbocycles. The molecular weight excluding hydrogens is 316 g/mol. The predicted molar refractivity (Wildman–Crippen MR) is 99.7 cm³/mol. The molecule has 1 aromatic heterocycles. The van der Waals surface area contributed by atoms with Gasteiger partial charge in [-0.3, -0.25) is 4.79 Å². The molecule has 3 heterocycles. The predicted octanol–water partition coefficient (Wildman–Crippen LogP) is 4.04. The smallest absolute Gasteiger partial charge is 0.242 e. The quantitative estimate of drug-likeness (QED) is 0.842. The molecule has 126 valence electrons. The average Bonchev–Trinajstić information content (AvgIpc) is 3.10. The van der Waals surface area contributed by atoms with E-state index in [-0.39, 0.29) is 11.9 Å². The summed E-state index contributed by atoms with van der Waals surface area (Å²) >= 11 is 1.84. The molecule has 4 heteroatoms. The van der Waals surface area contributed by atoms with E-state index in [4.69, 9.17) is 0 Å². The van der Waals surface area contributed by atoms with Gasteiger partial charge in [-0.1, -0.05) is 25.1 Å². The lowest BCUT2D eigenvalue weighted by atomic mass is 9.97. The highest BCUT2D eigenvalue weighted by Crippen LogP contribution is 2.35. The van der Waals surface area contributed by atoms with Gasteiger partial charge in [0.15, 0.2) is 0 Å². The van der Waals surface area contributed by atoms with Gasteiger partial charge in [0.1, 0.15) is 0 Å². The van der Waals surface area contributed by atoms with Crippen molar-refractivity contribution < 1.29 is 4.79 Å². The number of carbonyl (C=O) groups excluding carboxylic acids is 1. The minimum Gasteiger partial charge on any atom is -0.362 e. The molecule has 0 N–H and O–H groups in total. The normalized spacial score (nSPS) is 19.8. The van der Waals surface area contributed by atoms with Crippen LogP contribution in [0.1, 0.15) is 41.8 Å². The summed E-state index contributed by atoms with van der Waals surface area (Å²) in [6.07, 6.45) is 4.26. The Labute approximate surface area is 147 Å². The standard InChI is InChI=1S/C20H24N2OS/c1-2-17-16-10-13-24-19(16)9-12-22(17)20(23)14-21-11-5-7-15-6-3-4-8-18(15)21/h3-4,6,8,10,13,17H,2,5,7,9,11-12,14H2,1H3. The number of benzene rings is 1. The molecular formula is C20H24N2OS. The second-order valence-corrected chi connectivity index (χ2v) is 7.71. The molecule has 1 atom stereocenters. The summed E-state index contributed by atoms with van der Waals surface area (Å²) in [5.41, 5.74) is 4.00. The fraction of sp³-hybridized carbons (Fsp3) is 0.450. The van der Waals surface area contributed by atoms with Gasteiger partial charge in [-0.15, -0.1) is 11.3 Å². The van der Waals surface area contributed by atoms with Crippen LogP contribution in [0.5, 0.6) is 0 Å². The lowest BCUT2D eigenvalue weighted by Crippen LogP contribution is -2.46. The van der Waals surface area contributed by atoms with Crippen molar-refractivity contribution in [3.05, 3.63) is 51.7 Å². The van der Waals surface area contributed by atoms with Gasteiger partial charge >= 0.3 is 0 Å². The van der Waals surface area contributed by atoms with Crippen LogP contribution >= 0.6 is 11.3 Å². The van der Waals surface area contributed by atoms with Crippen LogP contribution in [0.25, 0.3) is 0 Å². The Balaban J connectivity index is 1.53. The number of nitrogens with zero attached hydrogens (tertiary/aromatic N) is 2. The van der Waals surface area contributed by atoms with Crippen molar-refractivity contribution in [3.63, 3.8) is 0 Å². The highest BCUT2D eigenvalue weighted by atomic mass is 32.1. The minimum absolute atomic E-state index is 0.257. The van der Waals surface area contributed by atoms with E-state index in [1.807, 2.05) is 11.3 Å². The first kappa shape index (κ1) is 15.7. The van der Waals surface area contributed by atoms with Crippen LogP contribution in [-0.2, 0) is 17.6 Å². The maximum Gasteiger partial charge on any atom is 0.242 e. The Morgan fingerprint density at radius 2 is 2.08 bits per heavy atom. The molecule has 0 fully saturated rings. The third-order valence-electron chi connectivity index (χ3n) is 5.33. The maximum absolute atomic E-state index is 13.1. The van der Waals surface area contributed by atoms with Crippen LogP contribution in [0.4, 0.5) is 5.69 Å². The maximum atomic E-state index is 13.1. The van der Waals surface area contributed by atoms with Gasteiger partial charge in [-0.2, -0.15) is 0 Å². The molecule has 0 saturated heterocycles. The Morgan fingerprint density at radius 1 is 1.21 bits per heavy atom. The molecule has 1 unspecified atom stereocenters. The molecule has 0 bridgehead atoms. The number of anilines is 1. The summed E-state index contributed by atoms with van der Waals surface area (Å²) in [5.74, 6) is 0.274. The molecule has 0 radical (unpaired) electrons. The van der Waals surface area contributed by atoms with E-state index in [1.54, 1.807) is 0 Å². The third-order valence-corrected chi connectivity index (χ3v) is 6.33. The molecule has 2 aliphatic heterocycles. The van der Waals surface area contributed by atoms with Gasteiger partial charge in [0.2, 0.25) is 5.91 Å². The van der Waals surface area contributed by atoms with Crippen LogP contribution in [0.3, 0.4) is 0 Å². The lowest BCUT2D eigenvalue weighted by Gasteiger charge is -2.38. The Bertz CT molecular complexity index is 739. The molecule has 1 aromatic carbocycles. The van der Waals surface area contributed by atoms with E-state index in [1.165, 1.54) is 21.7 Å². The van der Waals surface area contributed by atoms with Crippen LogP contribution in [-0.4, -0.2) is 30.4 Å². The van der Waals surface area contributed by atoms with Crippen molar-refractivity contribution in [3.8, 4) is 0 Å². The van der Waals surface area contributed by atoms with Gasteiger partial charge in [-0.25, -0.2) is 0 Å². The summed E-state index contributed by atoms with van der Waals surface area (Å²) in [5, 5.41) is 2.17. The monoisotopic (exact) mass is 340 g/mol. The zero-order valence-electron chi connectivity index (χ0n) is 14.2. The summed E-state index contributed by atoms with van der Waals surface area (Å²) in [4.78, 5) is 18.9. The molecule has 2 aliphatic rings. The van der Waals surface area contributed by atoms with Gasteiger partial charge in [0.25, 0.3) is 0 Å². The molecule has 0 aliphatic carbocycles. The molecule has 24 heavy (non-hydrogen) atoms. The highest BCUT2D eigenvalue weighted by Gasteiger charge is 2.31. The topological polar surface area (TPSA) is 23.6 Å². The van der Waals surface area contributed by atoms with Crippen LogP contribution in [0, 0.1) is 0 Å². The SMILES string of the molecule is CCC1c2ccsc2CCN1C(=O)CN1CCCc2ccccc21. The van der Waals surface area contributed by atoms with Crippen molar-refractivity contribution in [1.82, 2.24) is 4.90 Å². The number of aryl methyl sites for hydroxylation is 1. The first-order valence-electron chi connectivity index (χ1n) is 8.96. The van der Waals surface area contributed by atoms with Crippen molar-refractivity contribution in [1.29, 1.82) is 0 Å². The second-order valence-electron chi connectivity index (χ2n) is 6.71. The Morgan fingerprint density at radius 3 is 2.96 bits per heavy atom. The van der Waals surface area contributed by atoms with Crippen LogP contribution in [0.2, 0.25) is 0 Å². The number of rotatable bonds is 3. The number of fused-ring (bicyclic) bond motifs is 2. The average molecular weight is 340 g/mol. The van der Waals surface area contributed by atoms with Crippen molar-refractivity contribution in [2.75, 3.05) is 24.5 Å². The lowest BCUT2D eigenvalue weighted by molar-refractivity contribution is -0.132. The summed E-state index contributed by atoms with van der Waals surface area (Å²) in [7, 11) is 0. The number of hydrogen-bond donors (Lipinski definition) is 0. The zero-order valence-corrected chi connectivity index (χ0v) is 15.0. The van der Waals surface area contributed by atoms with E-state index < -0.39 is 0 Å². The third kappa shape index (κ3) is 2.73. The molecule has 4 rings (SSSR count). The summed E-state index contributed by atoms with van der Waals surface area (Å²) in [6.45, 7) is 4.54.